The zero-order chi connectivity index (χ0) is 12.1. The molecule has 0 fully saturated rings. The number of hydrogen-bond donors (Lipinski definition) is 1. The summed E-state index contributed by atoms with van der Waals surface area (Å²) in [4.78, 5) is 6.60. The zero-order valence-corrected chi connectivity index (χ0v) is 10.9. The Kier molecular flexibility index (Phi) is 4.50. The van der Waals surface area contributed by atoms with Crippen molar-refractivity contribution >= 4 is 21.4 Å². The SMILES string of the molecule is COCCONC(C)c1cc2ccccc2s1. The summed E-state index contributed by atoms with van der Waals surface area (Å²) in [5.41, 5.74) is 3.03. The van der Waals surface area contributed by atoms with Crippen molar-refractivity contribution in [1.29, 1.82) is 0 Å². The van der Waals surface area contributed by atoms with Gasteiger partial charge in [0.15, 0.2) is 0 Å². The maximum atomic E-state index is 5.32. The predicted molar refractivity (Wildman–Crippen MR) is 71.2 cm³/mol. The van der Waals surface area contributed by atoms with Gasteiger partial charge in [-0.15, -0.1) is 11.3 Å². The molecule has 1 aromatic carbocycles. The van der Waals surface area contributed by atoms with Gasteiger partial charge in [0.25, 0.3) is 0 Å². The molecule has 1 N–H and O–H groups in total. The second kappa shape index (κ2) is 6.12. The Morgan fingerprint density at radius 1 is 1.29 bits per heavy atom. The van der Waals surface area contributed by atoms with Crippen molar-refractivity contribution in [3.05, 3.63) is 35.2 Å². The molecule has 0 aliphatic carbocycles. The number of thiophene rings is 1. The van der Waals surface area contributed by atoms with Crippen LogP contribution < -0.4 is 5.48 Å². The van der Waals surface area contributed by atoms with Gasteiger partial charge >= 0.3 is 0 Å². The molecule has 17 heavy (non-hydrogen) atoms. The van der Waals surface area contributed by atoms with Gasteiger partial charge in [0.1, 0.15) is 0 Å². The molecule has 3 nitrogen and oxygen atoms in total. The summed E-state index contributed by atoms with van der Waals surface area (Å²) in [6.07, 6.45) is 0. The number of rotatable bonds is 6. The molecule has 0 bridgehead atoms. The summed E-state index contributed by atoms with van der Waals surface area (Å²) in [6.45, 7) is 3.26. The van der Waals surface area contributed by atoms with E-state index in [1.54, 1.807) is 18.4 Å². The molecule has 92 valence electrons. The quantitative estimate of drug-likeness (QED) is 0.632. The molecule has 4 heteroatoms. The minimum atomic E-state index is 0.198. The van der Waals surface area contributed by atoms with E-state index in [1.807, 2.05) is 0 Å². The standard InChI is InChI=1S/C13H17NO2S/c1-10(14-16-8-7-15-2)13-9-11-5-3-4-6-12(11)17-13/h3-6,9-10,14H,7-8H2,1-2H3. The third kappa shape index (κ3) is 3.26. The fourth-order valence-electron chi connectivity index (χ4n) is 1.58. The van der Waals surface area contributed by atoms with Crippen molar-refractivity contribution in [2.45, 2.75) is 13.0 Å². The zero-order valence-electron chi connectivity index (χ0n) is 10.1. The smallest absolute Gasteiger partial charge is 0.0916 e. The Bertz CT molecular complexity index is 436. The number of benzene rings is 1. The Morgan fingerprint density at radius 3 is 2.88 bits per heavy atom. The van der Waals surface area contributed by atoms with Crippen molar-refractivity contribution in [2.75, 3.05) is 20.3 Å². The van der Waals surface area contributed by atoms with Crippen LogP contribution in [0.5, 0.6) is 0 Å². The van der Waals surface area contributed by atoms with Crippen molar-refractivity contribution in [3.8, 4) is 0 Å². The highest BCUT2D eigenvalue weighted by Gasteiger charge is 2.08. The molecule has 0 aliphatic heterocycles. The van der Waals surface area contributed by atoms with E-state index in [9.17, 15) is 0 Å². The number of nitrogens with one attached hydrogen (secondary N) is 1. The van der Waals surface area contributed by atoms with E-state index < -0.39 is 0 Å². The highest BCUT2D eigenvalue weighted by Crippen LogP contribution is 2.29. The van der Waals surface area contributed by atoms with Gasteiger partial charge < -0.3 is 4.74 Å². The van der Waals surface area contributed by atoms with E-state index in [0.29, 0.717) is 13.2 Å². The second-order valence-electron chi connectivity index (χ2n) is 3.87. The van der Waals surface area contributed by atoms with Crippen LogP contribution in [0, 0.1) is 0 Å². The van der Waals surface area contributed by atoms with Crippen molar-refractivity contribution in [1.82, 2.24) is 5.48 Å². The first-order valence-corrected chi connectivity index (χ1v) is 6.47. The molecule has 1 unspecified atom stereocenters. The molecular weight excluding hydrogens is 234 g/mol. The summed E-state index contributed by atoms with van der Waals surface area (Å²) in [7, 11) is 1.67. The topological polar surface area (TPSA) is 30.5 Å². The molecular formula is C13H17NO2S. The largest absolute Gasteiger partial charge is 0.382 e. The van der Waals surface area contributed by atoms with Crippen LogP contribution in [0.1, 0.15) is 17.8 Å². The Morgan fingerprint density at radius 2 is 2.12 bits per heavy atom. The first-order chi connectivity index (χ1) is 8.31. The molecule has 2 rings (SSSR count). The van der Waals surface area contributed by atoms with Crippen LogP contribution in [0.2, 0.25) is 0 Å². The summed E-state index contributed by atoms with van der Waals surface area (Å²) in [5, 5.41) is 1.29. The van der Waals surface area contributed by atoms with Crippen LogP contribution in [0.25, 0.3) is 10.1 Å². The third-order valence-electron chi connectivity index (χ3n) is 2.52. The summed E-state index contributed by atoms with van der Waals surface area (Å²) >= 11 is 1.80. The van der Waals surface area contributed by atoms with Gasteiger partial charge in [-0.3, -0.25) is 4.84 Å². The summed E-state index contributed by atoms with van der Waals surface area (Å²) in [5.74, 6) is 0. The minimum absolute atomic E-state index is 0.198. The van der Waals surface area contributed by atoms with E-state index in [-0.39, 0.29) is 6.04 Å². The number of hydrogen-bond acceptors (Lipinski definition) is 4. The fourth-order valence-corrected chi connectivity index (χ4v) is 2.64. The lowest BCUT2D eigenvalue weighted by Crippen LogP contribution is -2.20. The van der Waals surface area contributed by atoms with E-state index in [4.69, 9.17) is 9.57 Å². The lowest BCUT2D eigenvalue weighted by atomic mass is 10.2. The van der Waals surface area contributed by atoms with Crippen LogP contribution in [0.4, 0.5) is 0 Å². The van der Waals surface area contributed by atoms with Gasteiger partial charge in [0.2, 0.25) is 0 Å². The van der Waals surface area contributed by atoms with Crippen LogP contribution in [0.15, 0.2) is 30.3 Å². The van der Waals surface area contributed by atoms with Gasteiger partial charge in [-0.25, -0.2) is 0 Å². The van der Waals surface area contributed by atoms with E-state index >= 15 is 0 Å². The molecule has 0 spiro atoms. The number of methoxy groups -OCH3 is 1. The Labute approximate surface area is 105 Å². The van der Waals surface area contributed by atoms with Crippen molar-refractivity contribution in [2.24, 2.45) is 0 Å². The van der Waals surface area contributed by atoms with Gasteiger partial charge in [0.05, 0.1) is 19.3 Å². The normalized spacial score (nSPS) is 13.1. The van der Waals surface area contributed by atoms with Gasteiger partial charge in [-0.2, -0.15) is 5.48 Å². The molecule has 1 heterocycles. The molecule has 1 aromatic heterocycles. The molecule has 0 aliphatic rings. The maximum Gasteiger partial charge on any atom is 0.0916 e. The average molecular weight is 251 g/mol. The first kappa shape index (κ1) is 12.5. The predicted octanol–water partition coefficient (Wildman–Crippen LogP) is 3.13. The van der Waals surface area contributed by atoms with E-state index in [0.717, 1.165) is 0 Å². The molecule has 0 saturated heterocycles. The maximum absolute atomic E-state index is 5.32. The molecule has 0 radical (unpaired) electrons. The first-order valence-electron chi connectivity index (χ1n) is 5.66. The number of fused-ring (bicyclic) bond motifs is 1. The Hall–Kier alpha value is -0.940. The number of ether oxygens (including phenoxy) is 1. The highest BCUT2D eigenvalue weighted by molar-refractivity contribution is 7.19. The molecule has 0 amide bonds. The van der Waals surface area contributed by atoms with E-state index in [2.05, 4.69) is 42.7 Å². The molecule has 2 aromatic rings. The second-order valence-corrected chi connectivity index (χ2v) is 4.98. The molecule has 1 atom stereocenters. The monoisotopic (exact) mass is 251 g/mol. The van der Waals surface area contributed by atoms with Gasteiger partial charge in [0, 0.05) is 16.7 Å². The van der Waals surface area contributed by atoms with Gasteiger partial charge in [-0.05, 0) is 24.4 Å². The lowest BCUT2D eigenvalue weighted by molar-refractivity contribution is -0.00867. The number of hydroxylamine groups is 1. The van der Waals surface area contributed by atoms with Crippen molar-refractivity contribution < 1.29 is 9.57 Å². The van der Waals surface area contributed by atoms with Crippen LogP contribution in [-0.4, -0.2) is 20.3 Å². The molecule has 0 saturated carbocycles. The highest BCUT2D eigenvalue weighted by atomic mass is 32.1. The van der Waals surface area contributed by atoms with Crippen LogP contribution in [-0.2, 0) is 9.57 Å². The third-order valence-corrected chi connectivity index (χ3v) is 3.82. The van der Waals surface area contributed by atoms with Gasteiger partial charge in [-0.1, -0.05) is 18.2 Å². The van der Waals surface area contributed by atoms with Crippen molar-refractivity contribution in [3.63, 3.8) is 0 Å². The minimum Gasteiger partial charge on any atom is -0.382 e. The van der Waals surface area contributed by atoms with E-state index in [1.165, 1.54) is 15.0 Å². The summed E-state index contributed by atoms with van der Waals surface area (Å²) < 4.78 is 6.23. The lowest BCUT2D eigenvalue weighted by Gasteiger charge is -2.11. The average Bonchev–Trinajstić information content (AvgIpc) is 2.78. The van der Waals surface area contributed by atoms with Crippen LogP contribution in [0.3, 0.4) is 0 Å². The Balaban J connectivity index is 1.96. The van der Waals surface area contributed by atoms with Crippen LogP contribution >= 0.6 is 11.3 Å². The fraction of sp³-hybridized carbons (Fsp3) is 0.385. The summed E-state index contributed by atoms with van der Waals surface area (Å²) in [6, 6.07) is 10.8.